The number of rotatable bonds is 11. The lowest BCUT2D eigenvalue weighted by Gasteiger charge is -2.31. The molecule has 0 aliphatic heterocycles. The van der Waals surface area contributed by atoms with Gasteiger partial charge in [0.1, 0.15) is 5.82 Å². The van der Waals surface area contributed by atoms with Crippen LogP contribution in [0, 0.1) is 19.3 Å². The molecule has 0 N–H and O–H groups in total. The quantitative estimate of drug-likeness (QED) is 0.175. The second-order valence-electron chi connectivity index (χ2n) is 12.3. The van der Waals surface area contributed by atoms with Gasteiger partial charge in [0, 0.05) is 37.3 Å². The predicted molar refractivity (Wildman–Crippen MR) is 169 cm³/mol. The van der Waals surface area contributed by atoms with E-state index in [2.05, 4.69) is 99.5 Å². The van der Waals surface area contributed by atoms with Gasteiger partial charge in [-0.15, -0.1) is 0 Å². The van der Waals surface area contributed by atoms with Crippen molar-refractivity contribution in [3.8, 4) is 22.6 Å². The second kappa shape index (κ2) is 13.3. The summed E-state index contributed by atoms with van der Waals surface area (Å²) < 4.78 is 7.37. The summed E-state index contributed by atoms with van der Waals surface area (Å²) in [4.78, 5) is 19.9. The van der Waals surface area contributed by atoms with Crippen molar-refractivity contribution in [1.82, 2.24) is 14.5 Å². The van der Waals surface area contributed by atoms with Crippen LogP contribution in [0.5, 0.6) is 0 Å². The first-order chi connectivity index (χ1) is 19.6. The van der Waals surface area contributed by atoms with Gasteiger partial charge in [-0.2, -0.15) is 0 Å². The van der Waals surface area contributed by atoms with Crippen LogP contribution in [0.3, 0.4) is 0 Å². The Morgan fingerprint density at radius 1 is 0.927 bits per heavy atom. The number of aromatic nitrogens is 2. The van der Waals surface area contributed by atoms with E-state index in [0.717, 1.165) is 61.7 Å². The number of hydrogen-bond acceptors (Lipinski definition) is 4. The van der Waals surface area contributed by atoms with Crippen molar-refractivity contribution >= 4 is 5.97 Å². The van der Waals surface area contributed by atoms with Crippen LogP contribution in [-0.2, 0) is 24.4 Å². The first-order valence-corrected chi connectivity index (χ1v) is 14.7. The molecule has 41 heavy (non-hydrogen) atoms. The summed E-state index contributed by atoms with van der Waals surface area (Å²) in [6, 6.07) is 25.1. The average molecular weight is 552 g/mol. The van der Waals surface area contributed by atoms with Crippen molar-refractivity contribution in [1.29, 1.82) is 0 Å². The Morgan fingerprint density at radius 2 is 1.61 bits per heavy atom. The monoisotopic (exact) mass is 551 g/mol. The molecule has 0 saturated carbocycles. The van der Waals surface area contributed by atoms with E-state index >= 15 is 0 Å². The van der Waals surface area contributed by atoms with Crippen LogP contribution in [0.4, 0.5) is 0 Å². The normalized spacial score (nSPS) is 11.7. The topological polar surface area (TPSA) is 47.4 Å². The second-order valence-corrected chi connectivity index (χ2v) is 12.3. The Morgan fingerprint density at radius 3 is 2.22 bits per heavy atom. The van der Waals surface area contributed by atoms with E-state index in [9.17, 15) is 4.79 Å². The van der Waals surface area contributed by atoms with E-state index < -0.39 is 0 Å². The lowest BCUT2D eigenvalue weighted by atomic mass is 9.95. The molecule has 0 aliphatic rings. The molecule has 4 aromatic rings. The molecule has 0 radical (unpaired) electrons. The van der Waals surface area contributed by atoms with Gasteiger partial charge in [0.15, 0.2) is 0 Å². The van der Waals surface area contributed by atoms with Gasteiger partial charge < -0.3 is 9.30 Å². The Balaban J connectivity index is 1.82. The standard InChI is InChI=1S/C36H45N3O2/c1-8-9-22-39-32(24-38(25-36(4,5)6)23-28-16-20-30(21-17-28)35(40)41-7)33(29-18-14-26(2)15-19-29)37-34(39)31-13-11-10-12-27(31)3/h10-21H,8-9,22-25H2,1-7H3. The molecule has 216 valence electrons. The molecule has 0 atom stereocenters. The van der Waals surface area contributed by atoms with Crippen LogP contribution in [0.15, 0.2) is 72.8 Å². The van der Waals surface area contributed by atoms with Crippen LogP contribution in [0.1, 0.15) is 73.3 Å². The Hall–Kier alpha value is -3.70. The highest BCUT2D eigenvalue weighted by Gasteiger charge is 2.25. The van der Waals surface area contributed by atoms with Crippen LogP contribution < -0.4 is 0 Å². The molecule has 0 unspecified atom stereocenters. The highest BCUT2D eigenvalue weighted by atomic mass is 16.5. The molecular weight excluding hydrogens is 506 g/mol. The third-order valence-electron chi connectivity index (χ3n) is 7.37. The number of methoxy groups -OCH3 is 1. The Kier molecular flexibility index (Phi) is 9.82. The maximum absolute atomic E-state index is 12.0. The zero-order valence-corrected chi connectivity index (χ0v) is 25.8. The molecule has 0 bridgehead atoms. The van der Waals surface area contributed by atoms with Gasteiger partial charge in [-0.25, -0.2) is 9.78 Å². The predicted octanol–water partition coefficient (Wildman–Crippen LogP) is 8.47. The van der Waals surface area contributed by atoms with Gasteiger partial charge in [0.25, 0.3) is 0 Å². The fourth-order valence-electron chi connectivity index (χ4n) is 5.35. The summed E-state index contributed by atoms with van der Waals surface area (Å²) >= 11 is 0. The highest BCUT2D eigenvalue weighted by molar-refractivity contribution is 5.89. The van der Waals surface area contributed by atoms with Gasteiger partial charge in [0.2, 0.25) is 0 Å². The maximum Gasteiger partial charge on any atom is 0.337 e. The van der Waals surface area contributed by atoms with Gasteiger partial charge in [-0.1, -0.05) is 100 Å². The van der Waals surface area contributed by atoms with Crippen molar-refractivity contribution in [2.75, 3.05) is 13.7 Å². The smallest absolute Gasteiger partial charge is 0.337 e. The summed E-state index contributed by atoms with van der Waals surface area (Å²) in [6.07, 6.45) is 2.20. The molecule has 0 amide bonds. The highest BCUT2D eigenvalue weighted by Crippen LogP contribution is 2.33. The summed E-state index contributed by atoms with van der Waals surface area (Å²) in [5.41, 5.74) is 8.94. The van der Waals surface area contributed by atoms with Crippen LogP contribution in [-0.4, -0.2) is 34.1 Å². The number of hydrogen-bond donors (Lipinski definition) is 0. The average Bonchev–Trinajstić information content (AvgIpc) is 3.29. The number of benzene rings is 3. The fraction of sp³-hybridized carbons (Fsp3) is 0.389. The number of nitrogens with zero attached hydrogens (tertiary/aromatic N) is 3. The zero-order valence-electron chi connectivity index (χ0n) is 25.8. The van der Waals surface area contributed by atoms with Gasteiger partial charge >= 0.3 is 5.97 Å². The van der Waals surface area contributed by atoms with E-state index in [4.69, 9.17) is 9.72 Å². The molecule has 0 fully saturated rings. The largest absolute Gasteiger partial charge is 0.465 e. The lowest BCUT2D eigenvalue weighted by molar-refractivity contribution is 0.0600. The summed E-state index contributed by atoms with van der Waals surface area (Å²) in [5.74, 6) is 0.731. The Bertz CT molecular complexity index is 1440. The third kappa shape index (κ3) is 7.74. The van der Waals surface area contributed by atoms with E-state index in [1.807, 2.05) is 24.3 Å². The minimum atomic E-state index is -0.311. The SMILES string of the molecule is CCCCn1c(-c2ccccc2C)nc(-c2ccc(C)cc2)c1CN(Cc1ccc(C(=O)OC)cc1)CC(C)(C)C. The molecule has 1 aromatic heterocycles. The Labute approximate surface area is 246 Å². The van der Waals surface area contributed by atoms with Gasteiger partial charge in [-0.05, 0) is 48.9 Å². The molecule has 5 heteroatoms. The molecule has 0 aliphatic carbocycles. The van der Waals surface area contributed by atoms with Crippen LogP contribution in [0.25, 0.3) is 22.6 Å². The van der Waals surface area contributed by atoms with Gasteiger partial charge in [0.05, 0.1) is 24.1 Å². The van der Waals surface area contributed by atoms with Crippen molar-refractivity contribution < 1.29 is 9.53 Å². The molecule has 1 heterocycles. The number of unbranched alkanes of at least 4 members (excludes halogenated alkanes) is 1. The number of esters is 1. The van der Waals surface area contributed by atoms with E-state index in [0.29, 0.717) is 5.56 Å². The minimum Gasteiger partial charge on any atom is -0.465 e. The summed E-state index contributed by atoms with van der Waals surface area (Å²) in [6.45, 7) is 16.8. The van der Waals surface area contributed by atoms with Crippen LogP contribution >= 0.6 is 0 Å². The maximum atomic E-state index is 12.0. The summed E-state index contributed by atoms with van der Waals surface area (Å²) in [5, 5.41) is 0. The van der Waals surface area contributed by atoms with Crippen molar-refractivity contribution in [3.63, 3.8) is 0 Å². The zero-order chi connectivity index (χ0) is 29.6. The number of ether oxygens (including phenoxy) is 1. The molecular formula is C36H45N3O2. The number of carbonyl (C=O) groups is 1. The lowest BCUT2D eigenvalue weighted by Crippen LogP contribution is -2.33. The van der Waals surface area contributed by atoms with E-state index in [-0.39, 0.29) is 11.4 Å². The fourth-order valence-corrected chi connectivity index (χ4v) is 5.35. The van der Waals surface area contributed by atoms with E-state index in [1.54, 1.807) is 0 Å². The first kappa shape index (κ1) is 30.3. The number of carbonyl (C=O) groups excluding carboxylic acids is 1. The van der Waals surface area contributed by atoms with Crippen LogP contribution in [0.2, 0.25) is 0 Å². The minimum absolute atomic E-state index is 0.100. The molecule has 3 aromatic carbocycles. The van der Waals surface area contributed by atoms with Crippen molar-refractivity contribution in [2.45, 2.75) is 74.0 Å². The molecule has 0 saturated heterocycles. The van der Waals surface area contributed by atoms with E-state index in [1.165, 1.54) is 29.5 Å². The third-order valence-corrected chi connectivity index (χ3v) is 7.37. The number of aryl methyl sites for hydroxylation is 2. The van der Waals surface area contributed by atoms with Crippen molar-refractivity contribution in [3.05, 3.63) is 101 Å². The van der Waals surface area contributed by atoms with Gasteiger partial charge in [-0.3, -0.25) is 4.90 Å². The first-order valence-electron chi connectivity index (χ1n) is 14.7. The van der Waals surface area contributed by atoms with Crippen molar-refractivity contribution in [2.24, 2.45) is 5.41 Å². The number of imidazole rings is 1. The molecule has 5 nitrogen and oxygen atoms in total. The molecule has 0 spiro atoms. The molecule has 4 rings (SSSR count). The summed E-state index contributed by atoms with van der Waals surface area (Å²) in [7, 11) is 1.42.